The van der Waals surface area contributed by atoms with Crippen LogP contribution in [0.3, 0.4) is 0 Å². The second kappa shape index (κ2) is 7.25. The number of nitrogens with one attached hydrogen (secondary N) is 1. The van der Waals surface area contributed by atoms with Gasteiger partial charge in [0.15, 0.2) is 5.16 Å². The summed E-state index contributed by atoms with van der Waals surface area (Å²) in [4.78, 5) is 21.2. The number of para-hydroxylation sites is 1. The molecule has 2 rings (SSSR count). The van der Waals surface area contributed by atoms with Crippen molar-refractivity contribution in [2.45, 2.75) is 38.1 Å². The molecule has 0 spiro atoms. The van der Waals surface area contributed by atoms with Gasteiger partial charge in [-0.1, -0.05) is 23.9 Å². The summed E-state index contributed by atoms with van der Waals surface area (Å²) < 4.78 is 0. The number of rotatable bonds is 4. The number of nitriles is 1. The molecule has 1 atom stereocenters. The number of hydrogen-bond acceptors (Lipinski definition) is 5. The van der Waals surface area contributed by atoms with Gasteiger partial charge in [0.25, 0.3) is 0 Å². The zero-order chi connectivity index (χ0) is 17.0. The molecule has 0 aliphatic heterocycles. The predicted molar refractivity (Wildman–Crippen MR) is 91.3 cm³/mol. The SMILES string of the molecule is Cc1nc(S[C@@H](C)C(=O)Nc2ccccc2C#N)nc(C)c1C. The Hall–Kier alpha value is -2.39. The molecule has 6 heteroatoms. The minimum Gasteiger partial charge on any atom is -0.324 e. The lowest BCUT2D eigenvalue weighted by molar-refractivity contribution is -0.115. The smallest absolute Gasteiger partial charge is 0.237 e. The molecule has 1 aromatic carbocycles. The van der Waals surface area contributed by atoms with Crippen LogP contribution in [0.25, 0.3) is 0 Å². The summed E-state index contributed by atoms with van der Waals surface area (Å²) in [5.41, 5.74) is 3.86. The largest absolute Gasteiger partial charge is 0.324 e. The number of aryl methyl sites for hydroxylation is 2. The molecule has 0 aliphatic rings. The summed E-state index contributed by atoms with van der Waals surface area (Å²) >= 11 is 1.30. The fourth-order valence-electron chi connectivity index (χ4n) is 1.93. The molecule has 1 N–H and O–H groups in total. The van der Waals surface area contributed by atoms with Crippen molar-refractivity contribution >= 4 is 23.4 Å². The molecule has 1 amide bonds. The molecule has 5 nitrogen and oxygen atoms in total. The predicted octanol–water partition coefficient (Wildman–Crippen LogP) is 3.39. The standard InChI is InChI=1S/C17H18N4OS/c1-10-11(2)19-17(20-12(10)3)23-13(4)16(22)21-15-8-6-5-7-14(15)9-18/h5-8,13H,1-4H3,(H,21,22)/t13-/m0/s1. The van der Waals surface area contributed by atoms with Crippen LogP contribution in [0.15, 0.2) is 29.4 Å². The molecule has 0 radical (unpaired) electrons. The fourth-order valence-corrected chi connectivity index (χ4v) is 2.79. The Kier molecular flexibility index (Phi) is 5.35. The van der Waals surface area contributed by atoms with E-state index in [1.165, 1.54) is 11.8 Å². The molecule has 118 valence electrons. The van der Waals surface area contributed by atoms with Crippen LogP contribution in [0.1, 0.15) is 29.4 Å². The third-order valence-corrected chi connectivity index (χ3v) is 4.53. The highest BCUT2D eigenvalue weighted by Gasteiger charge is 2.18. The van der Waals surface area contributed by atoms with Crippen LogP contribution in [-0.2, 0) is 4.79 Å². The molecule has 0 fully saturated rings. The third-order valence-electron chi connectivity index (χ3n) is 3.57. The van der Waals surface area contributed by atoms with Gasteiger partial charge in [-0.15, -0.1) is 0 Å². The summed E-state index contributed by atoms with van der Waals surface area (Å²) in [7, 11) is 0. The molecule has 0 bridgehead atoms. The van der Waals surface area contributed by atoms with Gasteiger partial charge in [0, 0.05) is 11.4 Å². The van der Waals surface area contributed by atoms with E-state index in [0.717, 1.165) is 17.0 Å². The van der Waals surface area contributed by atoms with E-state index < -0.39 is 0 Å². The Bertz CT molecular complexity index is 759. The Morgan fingerprint density at radius 3 is 2.43 bits per heavy atom. The van der Waals surface area contributed by atoms with Crippen LogP contribution in [-0.4, -0.2) is 21.1 Å². The normalized spacial score (nSPS) is 11.6. The first-order chi connectivity index (χ1) is 10.9. The topological polar surface area (TPSA) is 78.7 Å². The zero-order valence-corrected chi connectivity index (χ0v) is 14.4. The van der Waals surface area contributed by atoms with E-state index in [2.05, 4.69) is 21.4 Å². The van der Waals surface area contributed by atoms with Gasteiger partial charge in [-0.05, 0) is 45.4 Å². The van der Waals surface area contributed by atoms with E-state index in [0.29, 0.717) is 16.4 Å². The molecular weight excluding hydrogens is 308 g/mol. The van der Waals surface area contributed by atoms with Crippen LogP contribution < -0.4 is 5.32 Å². The van der Waals surface area contributed by atoms with Crippen LogP contribution in [0, 0.1) is 32.1 Å². The van der Waals surface area contributed by atoms with Crippen LogP contribution in [0.4, 0.5) is 5.69 Å². The van der Waals surface area contributed by atoms with Crippen LogP contribution >= 0.6 is 11.8 Å². The first kappa shape index (κ1) is 17.0. The average molecular weight is 326 g/mol. The van der Waals surface area contributed by atoms with Crippen LogP contribution in [0.5, 0.6) is 0 Å². The number of thioether (sulfide) groups is 1. The van der Waals surface area contributed by atoms with E-state index in [1.807, 2.05) is 20.8 Å². The summed E-state index contributed by atoms with van der Waals surface area (Å²) in [5.74, 6) is -0.183. The van der Waals surface area contributed by atoms with Gasteiger partial charge in [-0.2, -0.15) is 5.26 Å². The number of carbonyl (C=O) groups excluding carboxylic acids is 1. The molecule has 0 unspecified atom stereocenters. The van der Waals surface area contributed by atoms with Gasteiger partial charge in [0.2, 0.25) is 5.91 Å². The van der Waals surface area contributed by atoms with E-state index >= 15 is 0 Å². The quantitative estimate of drug-likeness (QED) is 0.688. The maximum atomic E-state index is 12.3. The highest BCUT2D eigenvalue weighted by molar-refractivity contribution is 8.00. The van der Waals surface area contributed by atoms with Crippen molar-refractivity contribution in [2.24, 2.45) is 0 Å². The van der Waals surface area contributed by atoms with Gasteiger partial charge in [-0.25, -0.2) is 9.97 Å². The van der Waals surface area contributed by atoms with E-state index in [9.17, 15) is 4.79 Å². The third kappa shape index (κ3) is 4.08. The van der Waals surface area contributed by atoms with Gasteiger partial charge in [0.05, 0.1) is 16.5 Å². The first-order valence-electron chi connectivity index (χ1n) is 7.21. The molecule has 1 aromatic heterocycles. The first-order valence-corrected chi connectivity index (χ1v) is 8.09. The number of aromatic nitrogens is 2. The summed E-state index contributed by atoms with van der Waals surface area (Å²) in [6.07, 6.45) is 0. The summed E-state index contributed by atoms with van der Waals surface area (Å²) in [6, 6.07) is 8.99. The average Bonchev–Trinajstić information content (AvgIpc) is 2.53. The van der Waals surface area contributed by atoms with Crippen molar-refractivity contribution in [3.05, 3.63) is 46.8 Å². The number of hydrogen-bond donors (Lipinski definition) is 1. The highest BCUT2D eigenvalue weighted by Crippen LogP contribution is 2.23. The van der Waals surface area contributed by atoms with Crippen LogP contribution in [0.2, 0.25) is 0 Å². The van der Waals surface area contributed by atoms with Crippen molar-refractivity contribution in [3.8, 4) is 6.07 Å². The Morgan fingerprint density at radius 2 is 1.83 bits per heavy atom. The number of benzene rings is 1. The maximum Gasteiger partial charge on any atom is 0.237 e. The Balaban J connectivity index is 2.10. The molecule has 2 aromatic rings. The van der Waals surface area contributed by atoms with Crippen molar-refractivity contribution in [3.63, 3.8) is 0 Å². The minimum atomic E-state index is -0.372. The van der Waals surface area contributed by atoms with E-state index in [1.54, 1.807) is 31.2 Å². The second-order valence-corrected chi connectivity index (χ2v) is 6.52. The van der Waals surface area contributed by atoms with Gasteiger partial charge in [0.1, 0.15) is 6.07 Å². The number of amides is 1. The Morgan fingerprint density at radius 1 is 1.22 bits per heavy atom. The molecule has 23 heavy (non-hydrogen) atoms. The number of nitrogens with zero attached hydrogens (tertiary/aromatic N) is 3. The fraction of sp³-hybridized carbons (Fsp3) is 0.294. The molecule has 0 aliphatic carbocycles. The Labute approximate surface area is 140 Å². The second-order valence-electron chi connectivity index (χ2n) is 5.21. The molecular formula is C17H18N4OS. The molecule has 1 heterocycles. The summed E-state index contributed by atoms with van der Waals surface area (Å²) in [5, 5.41) is 12.1. The van der Waals surface area contributed by atoms with Crippen molar-refractivity contribution in [2.75, 3.05) is 5.32 Å². The van der Waals surface area contributed by atoms with E-state index in [4.69, 9.17) is 5.26 Å². The lowest BCUT2D eigenvalue weighted by Crippen LogP contribution is -2.23. The maximum absolute atomic E-state index is 12.3. The highest BCUT2D eigenvalue weighted by atomic mass is 32.2. The van der Waals surface area contributed by atoms with Crippen molar-refractivity contribution in [1.29, 1.82) is 5.26 Å². The van der Waals surface area contributed by atoms with Gasteiger partial charge < -0.3 is 5.32 Å². The minimum absolute atomic E-state index is 0.183. The zero-order valence-electron chi connectivity index (χ0n) is 13.5. The van der Waals surface area contributed by atoms with Gasteiger partial charge in [-0.3, -0.25) is 4.79 Å². The summed E-state index contributed by atoms with van der Waals surface area (Å²) in [6.45, 7) is 7.64. The lowest BCUT2D eigenvalue weighted by atomic mass is 10.2. The van der Waals surface area contributed by atoms with E-state index in [-0.39, 0.29) is 11.2 Å². The lowest BCUT2D eigenvalue weighted by Gasteiger charge is -2.13. The molecule has 0 saturated carbocycles. The number of carbonyl (C=O) groups is 1. The van der Waals surface area contributed by atoms with Crippen molar-refractivity contribution in [1.82, 2.24) is 9.97 Å². The monoisotopic (exact) mass is 326 g/mol. The van der Waals surface area contributed by atoms with Gasteiger partial charge >= 0.3 is 0 Å². The number of anilines is 1. The molecule has 0 saturated heterocycles. The van der Waals surface area contributed by atoms with Crippen molar-refractivity contribution < 1.29 is 4.79 Å².